The topological polar surface area (TPSA) is 101 Å². The molecule has 166 valence electrons. The fourth-order valence-electron chi connectivity index (χ4n) is 2.67. The van der Waals surface area contributed by atoms with Crippen molar-refractivity contribution in [2.45, 2.75) is 38.1 Å². The van der Waals surface area contributed by atoms with E-state index >= 15 is 0 Å². The molecular formula is C20H21F3N4O3S. The molecule has 0 aliphatic heterocycles. The van der Waals surface area contributed by atoms with E-state index in [1.807, 2.05) is 0 Å². The van der Waals surface area contributed by atoms with E-state index in [1.165, 1.54) is 45.3 Å². The molecule has 7 nitrogen and oxygen atoms in total. The van der Waals surface area contributed by atoms with Crippen molar-refractivity contribution in [1.29, 1.82) is 0 Å². The number of allylic oxidation sites excluding steroid dienone is 2. The van der Waals surface area contributed by atoms with E-state index in [1.54, 1.807) is 12.1 Å². The van der Waals surface area contributed by atoms with Gasteiger partial charge in [0.2, 0.25) is 10.0 Å². The van der Waals surface area contributed by atoms with Gasteiger partial charge in [-0.25, -0.2) is 18.4 Å². The Hall–Kier alpha value is -2.95. The molecule has 0 bridgehead atoms. The molecule has 11 heteroatoms. The second-order valence-corrected chi connectivity index (χ2v) is 10.5. The number of carbonyl (C=O) groups is 1. The van der Waals surface area contributed by atoms with Crippen molar-refractivity contribution in [3.05, 3.63) is 54.0 Å². The summed E-state index contributed by atoms with van der Waals surface area (Å²) >= 11 is 0. The summed E-state index contributed by atoms with van der Waals surface area (Å²) < 4.78 is 64.5. The fraction of sp³-hybridized carbons (Fsp3) is 0.350. The third kappa shape index (κ3) is 5.04. The molecule has 0 saturated carbocycles. The number of sulfonamides is 1. The highest BCUT2D eigenvalue weighted by molar-refractivity contribution is 7.94. The van der Waals surface area contributed by atoms with Crippen LogP contribution in [0.25, 0.3) is 11.4 Å². The van der Waals surface area contributed by atoms with Crippen LogP contribution in [0, 0.1) is 5.92 Å². The Kier molecular flexibility index (Phi) is 5.83. The molecule has 1 unspecified atom stereocenters. The molecular weight excluding hydrogens is 433 g/mol. The summed E-state index contributed by atoms with van der Waals surface area (Å²) in [4.78, 5) is 21.0. The zero-order valence-electron chi connectivity index (χ0n) is 17.0. The van der Waals surface area contributed by atoms with Gasteiger partial charge in [0.15, 0.2) is 5.82 Å². The van der Waals surface area contributed by atoms with E-state index in [0.717, 1.165) is 6.08 Å². The lowest BCUT2D eigenvalue weighted by atomic mass is 9.90. The van der Waals surface area contributed by atoms with Crippen molar-refractivity contribution in [2.75, 3.05) is 4.72 Å². The maximum absolute atomic E-state index is 12.8. The van der Waals surface area contributed by atoms with E-state index in [2.05, 4.69) is 20.0 Å². The van der Waals surface area contributed by atoms with E-state index in [9.17, 15) is 26.4 Å². The lowest BCUT2D eigenvalue weighted by Gasteiger charge is -2.28. The molecule has 0 fully saturated rings. The van der Waals surface area contributed by atoms with Crippen LogP contribution >= 0.6 is 0 Å². The number of anilines is 1. The van der Waals surface area contributed by atoms with Crippen LogP contribution in [0.5, 0.6) is 0 Å². The number of hydrogen-bond donors (Lipinski definition) is 2. The van der Waals surface area contributed by atoms with Crippen LogP contribution in [0.4, 0.5) is 18.9 Å². The second-order valence-electron chi connectivity index (χ2n) is 8.05. The van der Waals surface area contributed by atoms with Crippen LogP contribution in [0.3, 0.4) is 0 Å². The number of benzene rings is 1. The smallest absolute Gasteiger partial charge is 0.326 e. The lowest BCUT2D eigenvalue weighted by molar-refractivity contribution is -0.165. The van der Waals surface area contributed by atoms with Gasteiger partial charge in [0.25, 0.3) is 5.91 Å². The van der Waals surface area contributed by atoms with E-state index in [4.69, 9.17) is 0 Å². The summed E-state index contributed by atoms with van der Waals surface area (Å²) in [5, 5.41) is 2.42. The number of nitrogens with zero attached hydrogens (tertiary/aromatic N) is 2. The summed E-state index contributed by atoms with van der Waals surface area (Å²) in [6.07, 6.45) is -0.767. The number of amides is 1. The third-order valence-corrected chi connectivity index (χ3v) is 6.78. The van der Waals surface area contributed by atoms with Crippen LogP contribution in [-0.4, -0.2) is 35.2 Å². The van der Waals surface area contributed by atoms with Gasteiger partial charge in [-0.05, 0) is 45.0 Å². The molecule has 1 atom stereocenters. The number of halogens is 3. The maximum atomic E-state index is 12.8. The minimum absolute atomic E-state index is 0.000555. The molecule has 0 saturated heterocycles. The van der Waals surface area contributed by atoms with Crippen molar-refractivity contribution in [2.24, 2.45) is 5.92 Å². The van der Waals surface area contributed by atoms with Crippen LogP contribution < -0.4 is 10.0 Å². The Morgan fingerprint density at radius 1 is 1.13 bits per heavy atom. The SMILES string of the molecule is CC(C)(C)S(=O)(=O)Nc1ccc(-c2ncccn2)cc1C(=O)NC1=CC(C(F)(F)F)C1. The largest absolute Gasteiger partial charge is 0.395 e. The minimum atomic E-state index is -4.37. The first kappa shape index (κ1) is 22.7. The first-order valence-corrected chi connectivity index (χ1v) is 10.8. The fourth-order valence-corrected chi connectivity index (χ4v) is 3.44. The second kappa shape index (κ2) is 7.95. The molecule has 2 aromatic rings. The number of alkyl halides is 3. The molecule has 0 spiro atoms. The summed E-state index contributed by atoms with van der Waals surface area (Å²) in [5.74, 6) is -2.04. The van der Waals surface area contributed by atoms with Crippen LogP contribution in [0.1, 0.15) is 37.6 Å². The van der Waals surface area contributed by atoms with Crippen molar-refractivity contribution < 1.29 is 26.4 Å². The van der Waals surface area contributed by atoms with Gasteiger partial charge in [0.05, 0.1) is 21.9 Å². The van der Waals surface area contributed by atoms with Crippen molar-refractivity contribution >= 4 is 21.6 Å². The van der Waals surface area contributed by atoms with Crippen LogP contribution in [0.2, 0.25) is 0 Å². The van der Waals surface area contributed by atoms with Crippen LogP contribution in [0.15, 0.2) is 48.4 Å². The van der Waals surface area contributed by atoms with Crippen LogP contribution in [-0.2, 0) is 10.0 Å². The van der Waals surface area contributed by atoms with E-state index in [0.29, 0.717) is 11.4 Å². The molecule has 1 aromatic heterocycles. The molecule has 2 N–H and O–H groups in total. The predicted octanol–water partition coefficient (Wildman–Crippen LogP) is 3.88. The Morgan fingerprint density at radius 3 is 2.29 bits per heavy atom. The highest BCUT2D eigenvalue weighted by atomic mass is 32.2. The molecule has 1 aliphatic rings. The Bertz CT molecular complexity index is 1120. The van der Waals surface area contributed by atoms with E-state index < -0.39 is 32.8 Å². The Morgan fingerprint density at radius 2 is 1.74 bits per heavy atom. The first-order chi connectivity index (χ1) is 14.3. The summed E-state index contributed by atoms with van der Waals surface area (Å²) in [5.41, 5.74) is 0.507. The number of carbonyl (C=O) groups excluding carboxylic acids is 1. The average Bonchev–Trinajstić information content (AvgIpc) is 2.63. The molecule has 1 amide bonds. The van der Waals surface area contributed by atoms with Gasteiger partial charge in [-0.15, -0.1) is 0 Å². The number of nitrogens with one attached hydrogen (secondary N) is 2. The summed E-state index contributed by atoms with van der Waals surface area (Å²) in [6, 6.07) is 5.96. The van der Waals surface area contributed by atoms with Gasteiger partial charge in [-0.1, -0.05) is 6.08 Å². The number of hydrogen-bond acceptors (Lipinski definition) is 5. The first-order valence-electron chi connectivity index (χ1n) is 9.30. The van der Waals surface area contributed by atoms with Gasteiger partial charge >= 0.3 is 6.18 Å². The van der Waals surface area contributed by atoms with Gasteiger partial charge < -0.3 is 5.32 Å². The molecule has 0 radical (unpaired) electrons. The third-order valence-electron chi connectivity index (χ3n) is 4.68. The van der Waals surface area contributed by atoms with Crippen molar-refractivity contribution in [3.63, 3.8) is 0 Å². The highest BCUT2D eigenvalue weighted by Crippen LogP contribution is 2.38. The van der Waals surface area contributed by atoms with Crippen molar-refractivity contribution in [3.8, 4) is 11.4 Å². The monoisotopic (exact) mass is 454 g/mol. The molecule has 31 heavy (non-hydrogen) atoms. The van der Waals surface area contributed by atoms with E-state index in [-0.39, 0.29) is 23.4 Å². The normalized spacial score (nSPS) is 16.8. The Balaban J connectivity index is 1.96. The molecule has 1 aromatic carbocycles. The Labute approximate surface area is 177 Å². The lowest BCUT2D eigenvalue weighted by Crippen LogP contribution is -2.36. The van der Waals surface area contributed by atoms with Crippen molar-refractivity contribution in [1.82, 2.24) is 15.3 Å². The molecule has 3 rings (SSSR count). The highest BCUT2D eigenvalue weighted by Gasteiger charge is 2.43. The van der Waals surface area contributed by atoms with Gasteiger partial charge in [-0.3, -0.25) is 9.52 Å². The van der Waals surface area contributed by atoms with Gasteiger partial charge in [-0.2, -0.15) is 13.2 Å². The molecule has 1 heterocycles. The summed E-state index contributed by atoms with van der Waals surface area (Å²) in [7, 11) is -3.86. The van der Waals surface area contributed by atoms with Gasteiger partial charge in [0.1, 0.15) is 0 Å². The van der Waals surface area contributed by atoms with Gasteiger partial charge in [0, 0.05) is 30.1 Å². The minimum Gasteiger partial charge on any atom is -0.326 e. The zero-order valence-corrected chi connectivity index (χ0v) is 17.8. The zero-order chi connectivity index (χ0) is 23.0. The predicted molar refractivity (Wildman–Crippen MR) is 109 cm³/mol. The quantitative estimate of drug-likeness (QED) is 0.714. The average molecular weight is 454 g/mol. The summed E-state index contributed by atoms with van der Waals surface area (Å²) in [6.45, 7) is 4.49. The number of rotatable bonds is 5. The molecule has 1 aliphatic carbocycles. The number of aromatic nitrogens is 2. The maximum Gasteiger partial charge on any atom is 0.395 e. The standard InChI is InChI=1S/C20H21F3N4O3S/c1-19(2,3)31(29,30)27-16-6-5-12(17-24-7-4-8-25-17)9-15(16)18(28)26-14-10-13(11-14)20(21,22)23/h4-10,13,27H,11H2,1-3H3,(H,26,28).